The van der Waals surface area contributed by atoms with Crippen LogP contribution in [0.25, 0.3) is 0 Å². The van der Waals surface area contributed by atoms with Crippen LogP contribution in [0.1, 0.15) is 23.2 Å². The normalized spacial score (nSPS) is 10.8. The number of rotatable bonds is 2. The Morgan fingerprint density at radius 2 is 2.23 bits per heavy atom. The highest BCUT2D eigenvalue weighted by atomic mass is 79.9. The van der Waals surface area contributed by atoms with Crippen molar-refractivity contribution in [1.29, 1.82) is 0 Å². The van der Waals surface area contributed by atoms with E-state index < -0.39 is 6.43 Å². The monoisotopic (exact) mass is 250 g/mol. The summed E-state index contributed by atoms with van der Waals surface area (Å²) in [5, 5.41) is 0.313. The number of nitrogens with zero attached hydrogens (tertiary/aromatic N) is 1. The molecule has 2 nitrogen and oxygen atoms in total. The van der Waals surface area contributed by atoms with Crippen LogP contribution in [-0.4, -0.2) is 4.98 Å². The summed E-state index contributed by atoms with van der Waals surface area (Å²) in [6, 6.07) is 0. The number of anilines is 1. The fourth-order valence-electron chi connectivity index (χ4n) is 1.08. The number of alkyl halides is 3. The summed E-state index contributed by atoms with van der Waals surface area (Å²) in [7, 11) is 0. The molecule has 0 aromatic carbocycles. The van der Waals surface area contributed by atoms with Crippen LogP contribution in [0.2, 0.25) is 0 Å². The van der Waals surface area contributed by atoms with Crippen molar-refractivity contribution in [3.05, 3.63) is 23.0 Å². The number of halogens is 3. The molecule has 0 aliphatic carbocycles. The zero-order chi connectivity index (χ0) is 10.0. The van der Waals surface area contributed by atoms with Gasteiger partial charge in [0, 0.05) is 10.9 Å². The maximum Gasteiger partial charge on any atom is 0.265 e. The van der Waals surface area contributed by atoms with Crippen molar-refractivity contribution in [3.63, 3.8) is 0 Å². The molecular weight excluding hydrogens is 242 g/mol. The van der Waals surface area contributed by atoms with E-state index in [0.717, 1.165) is 0 Å². The minimum atomic E-state index is -2.52. The van der Waals surface area contributed by atoms with Crippen molar-refractivity contribution in [2.24, 2.45) is 0 Å². The zero-order valence-electron chi connectivity index (χ0n) is 7.02. The molecule has 0 aliphatic heterocycles. The molecule has 1 heterocycles. The molecule has 5 heteroatoms. The minimum Gasteiger partial charge on any atom is -0.397 e. The lowest BCUT2D eigenvalue weighted by Crippen LogP contribution is -2.03. The van der Waals surface area contributed by atoms with E-state index in [1.54, 1.807) is 6.92 Å². The van der Waals surface area contributed by atoms with Gasteiger partial charge in [0.05, 0.1) is 17.6 Å². The first kappa shape index (κ1) is 10.4. The topological polar surface area (TPSA) is 38.9 Å². The van der Waals surface area contributed by atoms with Crippen molar-refractivity contribution < 1.29 is 8.78 Å². The second-order valence-electron chi connectivity index (χ2n) is 2.63. The van der Waals surface area contributed by atoms with Gasteiger partial charge in [0.1, 0.15) is 0 Å². The molecule has 0 fully saturated rings. The standard InChI is InChI=1S/C8H9BrF2N2/c1-4-5(12)3-13-6(2-9)7(4)8(10)11/h3,8H,2,12H2,1H3. The highest BCUT2D eigenvalue weighted by Gasteiger charge is 2.17. The Balaban J connectivity index is 3.32. The fraction of sp³-hybridized carbons (Fsp3) is 0.375. The molecule has 0 amide bonds. The maximum absolute atomic E-state index is 12.5. The Morgan fingerprint density at radius 1 is 1.62 bits per heavy atom. The Labute approximate surface area is 83.3 Å². The molecule has 1 aromatic heterocycles. The molecule has 0 unspecified atom stereocenters. The molecule has 2 N–H and O–H groups in total. The first-order valence-electron chi connectivity index (χ1n) is 3.66. The van der Waals surface area contributed by atoms with Gasteiger partial charge in [0.2, 0.25) is 0 Å². The van der Waals surface area contributed by atoms with Gasteiger partial charge in [-0.2, -0.15) is 0 Å². The van der Waals surface area contributed by atoms with Crippen LogP contribution in [0.15, 0.2) is 6.20 Å². The van der Waals surface area contributed by atoms with Crippen LogP contribution in [0, 0.1) is 6.92 Å². The van der Waals surface area contributed by atoms with Crippen LogP contribution >= 0.6 is 15.9 Å². The van der Waals surface area contributed by atoms with Crippen LogP contribution in [-0.2, 0) is 5.33 Å². The third kappa shape index (κ3) is 1.96. The Morgan fingerprint density at radius 3 is 2.69 bits per heavy atom. The number of aromatic nitrogens is 1. The van der Waals surface area contributed by atoms with Gasteiger partial charge in [-0.15, -0.1) is 0 Å². The van der Waals surface area contributed by atoms with Gasteiger partial charge < -0.3 is 5.73 Å². The van der Waals surface area contributed by atoms with Gasteiger partial charge in [0.25, 0.3) is 6.43 Å². The SMILES string of the molecule is Cc1c(N)cnc(CBr)c1C(F)F. The summed E-state index contributed by atoms with van der Waals surface area (Å²) in [5.74, 6) is 0. The average Bonchev–Trinajstić information content (AvgIpc) is 2.08. The van der Waals surface area contributed by atoms with Crippen molar-refractivity contribution in [2.45, 2.75) is 18.7 Å². The summed E-state index contributed by atoms with van der Waals surface area (Å²) < 4.78 is 25.1. The van der Waals surface area contributed by atoms with Crippen molar-refractivity contribution in [2.75, 3.05) is 5.73 Å². The summed E-state index contributed by atoms with van der Waals surface area (Å²) in [6.07, 6.45) is -1.12. The molecule has 0 atom stereocenters. The van der Waals surface area contributed by atoms with Gasteiger partial charge in [0.15, 0.2) is 0 Å². The summed E-state index contributed by atoms with van der Waals surface area (Å²) in [4.78, 5) is 3.83. The van der Waals surface area contributed by atoms with Gasteiger partial charge >= 0.3 is 0 Å². The Kier molecular flexibility index (Phi) is 3.19. The molecule has 13 heavy (non-hydrogen) atoms. The van der Waals surface area contributed by atoms with Gasteiger partial charge in [-0.25, -0.2) is 8.78 Å². The molecule has 1 aromatic rings. The lowest BCUT2D eigenvalue weighted by Gasteiger charge is -2.10. The van der Waals surface area contributed by atoms with E-state index in [1.807, 2.05) is 0 Å². The third-order valence-electron chi connectivity index (χ3n) is 1.85. The third-order valence-corrected chi connectivity index (χ3v) is 2.38. The quantitative estimate of drug-likeness (QED) is 0.821. The van der Waals surface area contributed by atoms with Crippen LogP contribution in [0.4, 0.5) is 14.5 Å². The van der Waals surface area contributed by atoms with Crippen LogP contribution < -0.4 is 5.73 Å². The van der Waals surface area contributed by atoms with Gasteiger partial charge in [-0.3, -0.25) is 4.98 Å². The number of nitrogens with two attached hydrogens (primary N) is 1. The summed E-state index contributed by atoms with van der Waals surface area (Å²) in [6.45, 7) is 1.57. The minimum absolute atomic E-state index is 0.0584. The van der Waals surface area contributed by atoms with E-state index in [-0.39, 0.29) is 5.56 Å². The molecule has 0 aliphatic rings. The number of nitrogen functional groups attached to an aromatic ring is 1. The second-order valence-corrected chi connectivity index (χ2v) is 3.19. The molecule has 0 radical (unpaired) electrons. The van der Waals surface area contributed by atoms with Crippen molar-refractivity contribution >= 4 is 21.6 Å². The van der Waals surface area contributed by atoms with E-state index >= 15 is 0 Å². The average molecular weight is 251 g/mol. The highest BCUT2D eigenvalue weighted by Crippen LogP contribution is 2.29. The maximum atomic E-state index is 12.5. The summed E-state index contributed by atoms with van der Waals surface area (Å²) in [5.41, 5.74) is 6.48. The largest absolute Gasteiger partial charge is 0.397 e. The smallest absolute Gasteiger partial charge is 0.265 e. The lowest BCUT2D eigenvalue weighted by molar-refractivity contribution is 0.149. The van der Waals surface area contributed by atoms with E-state index in [2.05, 4.69) is 20.9 Å². The molecule has 0 saturated carbocycles. The van der Waals surface area contributed by atoms with E-state index in [4.69, 9.17) is 5.73 Å². The number of hydrogen-bond acceptors (Lipinski definition) is 2. The number of hydrogen-bond donors (Lipinski definition) is 1. The highest BCUT2D eigenvalue weighted by molar-refractivity contribution is 9.08. The predicted molar refractivity (Wildman–Crippen MR) is 51.0 cm³/mol. The van der Waals surface area contributed by atoms with Crippen LogP contribution in [0.5, 0.6) is 0 Å². The molecule has 0 spiro atoms. The van der Waals surface area contributed by atoms with Gasteiger partial charge in [-0.1, -0.05) is 15.9 Å². The molecular formula is C8H9BrF2N2. The van der Waals surface area contributed by atoms with Gasteiger partial charge in [-0.05, 0) is 12.5 Å². The summed E-state index contributed by atoms with van der Waals surface area (Å²) >= 11 is 3.10. The molecule has 0 saturated heterocycles. The Bertz CT molecular complexity index is 315. The Hall–Kier alpha value is -0.710. The molecule has 0 bridgehead atoms. The fourth-order valence-corrected chi connectivity index (χ4v) is 1.53. The van der Waals surface area contributed by atoms with Crippen molar-refractivity contribution in [3.8, 4) is 0 Å². The number of pyridine rings is 1. The zero-order valence-corrected chi connectivity index (χ0v) is 8.61. The predicted octanol–water partition coefficient (Wildman–Crippen LogP) is 2.80. The van der Waals surface area contributed by atoms with E-state index in [0.29, 0.717) is 22.3 Å². The van der Waals surface area contributed by atoms with E-state index in [1.165, 1.54) is 6.20 Å². The molecule has 1 rings (SSSR count). The van der Waals surface area contributed by atoms with Crippen molar-refractivity contribution in [1.82, 2.24) is 4.98 Å². The lowest BCUT2D eigenvalue weighted by atomic mass is 10.1. The first-order valence-corrected chi connectivity index (χ1v) is 4.78. The first-order chi connectivity index (χ1) is 6.07. The van der Waals surface area contributed by atoms with Crippen LogP contribution in [0.3, 0.4) is 0 Å². The van der Waals surface area contributed by atoms with E-state index in [9.17, 15) is 8.78 Å². The molecule has 72 valence electrons. The second kappa shape index (κ2) is 4.00.